The molecule has 1 aromatic carbocycles. The van der Waals surface area contributed by atoms with Crippen LogP contribution in [-0.4, -0.2) is 33.9 Å². The zero-order chi connectivity index (χ0) is 22.9. The van der Waals surface area contributed by atoms with E-state index >= 15 is 0 Å². The number of nitrogens with one attached hydrogen (secondary N) is 1. The summed E-state index contributed by atoms with van der Waals surface area (Å²) in [6.07, 6.45) is 7.09. The van der Waals surface area contributed by atoms with Crippen molar-refractivity contribution in [3.8, 4) is 0 Å². The molecule has 0 bridgehead atoms. The van der Waals surface area contributed by atoms with E-state index in [1.807, 2.05) is 36.7 Å². The Morgan fingerprint density at radius 1 is 0.971 bits per heavy atom. The first kappa shape index (κ1) is 25.8. The molecule has 0 amide bonds. The van der Waals surface area contributed by atoms with Crippen molar-refractivity contribution < 1.29 is 0 Å². The molecule has 0 aliphatic heterocycles. The normalized spacial score (nSPS) is 14.8. The minimum absolute atomic E-state index is 0. The highest BCUT2D eigenvalue weighted by molar-refractivity contribution is 8.93. The average molecular weight is 525 g/mol. The van der Waals surface area contributed by atoms with Gasteiger partial charge in [0.05, 0.1) is 24.0 Å². The lowest BCUT2D eigenvalue weighted by Crippen LogP contribution is -2.34. The predicted octanol–water partition coefficient (Wildman–Crippen LogP) is 3.50. The van der Waals surface area contributed by atoms with E-state index in [0.717, 1.165) is 44.7 Å². The summed E-state index contributed by atoms with van der Waals surface area (Å²) in [7, 11) is 0. The van der Waals surface area contributed by atoms with Crippen LogP contribution in [0.2, 0.25) is 0 Å². The first-order chi connectivity index (χ1) is 16.2. The number of hydrogen-bond acceptors (Lipinski definition) is 5. The van der Waals surface area contributed by atoms with Gasteiger partial charge in [-0.25, -0.2) is 0 Å². The predicted molar refractivity (Wildman–Crippen MR) is 143 cm³/mol. The van der Waals surface area contributed by atoms with Gasteiger partial charge in [0.15, 0.2) is 5.96 Å². The third kappa shape index (κ3) is 7.35. The minimum atomic E-state index is 0. The minimum Gasteiger partial charge on any atom is -0.370 e. The Hall–Kier alpha value is -2.81. The van der Waals surface area contributed by atoms with Crippen molar-refractivity contribution in [2.24, 2.45) is 16.5 Å². The molecule has 34 heavy (non-hydrogen) atoms. The molecule has 0 fully saturated rings. The number of aryl methyl sites for hydroxylation is 1. The van der Waals surface area contributed by atoms with Crippen molar-refractivity contribution in [3.63, 3.8) is 0 Å². The molecule has 0 saturated heterocycles. The molecular formula is C26H34BrN7. The number of nitrogens with two attached hydrogens (primary N) is 2. The Morgan fingerprint density at radius 3 is 2.53 bits per heavy atom. The van der Waals surface area contributed by atoms with Crippen molar-refractivity contribution in [2.75, 3.05) is 13.1 Å². The standard InChI is InChI=1S/C26H33N7.BrH/c27-26(28)32-15-16-33(24-8-3-5-22-6-4-14-31-25(22)24)19-21-11-9-20(10-12-21)17-29-18-23-7-1-2-13-30-23;/h1-2,4,6-7,9-14,24,29H,3,5,8,15-19H2,(H4,27,28,32);1H. The molecule has 2 heterocycles. The van der Waals surface area contributed by atoms with Crippen molar-refractivity contribution in [3.05, 3.63) is 95.1 Å². The Balaban J connectivity index is 0.00000324. The zero-order valence-corrected chi connectivity index (χ0v) is 21.1. The molecule has 1 atom stereocenters. The van der Waals surface area contributed by atoms with Crippen LogP contribution < -0.4 is 16.8 Å². The van der Waals surface area contributed by atoms with E-state index in [0.29, 0.717) is 6.54 Å². The SMILES string of the molecule is Br.NC(N)=NCCN(Cc1ccc(CNCc2ccccn2)cc1)C1CCCc2cccnc21. The Labute approximate surface area is 212 Å². The summed E-state index contributed by atoms with van der Waals surface area (Å²) >= 11 is 0. The first-order valence-electron chi connectivity index (χ1n) is 11.6. The maximum absolute atomic E-state index is 5.57. The fourth-order valence-electron chi connectivity index (χ4n) is 4.43. The van der Waals surface area contributed by atoms with Crippen molar-refractivity contribution >= 4 is 22.9 Å². The fraction of sp³-hybridized carbons (Fsp3) is 0.346. The largest absolute Gasteiger partial charge is 0.370 e. The van der Waals surface area contributed by atoms with Crippen LogP contribution in [-0.2, 0) is 26.1 Å². The van der Waals surface area contributed by atoms with Crippen molar-refractivity contribution in [1.82, 2.24) is 20.2 Å². The second-order valence-corrected chi connectivity index (χ2v) is 8.47. The first-order valence-corrected chi connectivity index (χ1v) is 11.6. The number of benzene rings is 1. The van der Waals surface area contributed by atoms with Crippen LogP contribution in [0.25, 0.3) is 0 Å². The van der Waals surface area contributed by atoms with Crippen molar-refractivity contribution in [1.29, 1.82) is 0 Å². The quantitative estimate of drug-likeness (QED) is 0.277. The van der Waals surface area contributed by atoms with Crippen LogP contribution in [0.5, 0.6) is 0 Å². The van der Waals surface area contributed by atoms with Gasteiger partial charge >= 0.3 is 0 Å². The number of aromatic nitrogens is 2. The summed E-state index contributed by atoms with van der Waals surface area (Å²) in [4.78, 5) is 15.8. The number of rotatable bonds is 10. The monoisotopic (exact) mass is 523 g/mol. The number of halogens is 1. The number of nitrogens with zero attached hydrogens (tertiary/aromatic N) is 4. The number of fused-ring (bicyclic) bond motifs is 1. The molecule has 180 valence electrons. The third-order valence-electron chi connectivity index (χ3n) is 6.06. The summed E-state index contributed by atoms with van der Waals surface area (Å²) in [6, 6.07) is 19.3. The van der Waals surface area contributed by atoms with Gasteiger partial charge < -0.3 is 16.8 Å². The van der Waals surface area contributed by atoms with Gasteiger partial charge in [-0.05, 0) is 54.2 Å². The maximum atomic E-state index is 5.57. The molecule has 7 nitrogen and oxygen atoms in total. The summed E-state index contributed by atoms with van der Waals surface area (Å²) in [5.74, 6) is 0.139. The van der Waals surface area contributed by atoms with E-state index in [-0.39, 0.29) is 29.0 Å². The van der Waals surface area contributed by atoms with E-state index < -0.39 is 0 Å². The Bertz CT molecular complexity index is 1040. The molecule has 0 spiro atoms. The van der Waals surface area contributed by atoms with Gasteiger partial charge in [0, 0.05) is 38.6 Å². The van der Waals surface area contributed by atoms with E-state index in [4.69, 9.17) is 16.5 Å². The maximum Gasteiger partial charge on any atom is 0.185 e. The summed E-state index contributed by atoms with van der Waals surface area (Å²) < 4.78 is 0. The van der Waals surface area contributed by atoms with Crippen LogP contribution in [0.1, 0.15) is 47.0 Å². The molecule has 2 aromatic heterocycles. The number of hydrogen-bond donors (Lipinski definition) is 3. The fourth-order valence-corrected chi connectivity index (χ4v) is 4.43. The Kier molecular flexibility index (Phi) is 10.00. The molecule has 8 heteroatoms. The second kappa shape index (κ2) is 13.2. The molecule has 4 rings (SSSR count). The molecule has 1 aliphatic carbocycles. The molecular weight excluding hydrogens is 490 g/mol. The highest BCUT2D eigenvalue weighted by atomic mass is 79.9. The van der Waals surface area contributed by atoms with Gasteiger partial charge in [-0.3, -0.25) is 19.9 Å². The Morgan fingerprint density at radius 2 is 1.76 bits per heavy atom. The van der Waals surface area contributed by atoms with Gasteiger partial charge in [0.2, 0.25) is 0 Å². The summed E-state index contributed by atoms with van der Waals surface area (Å²) in [5.41, 5.74) is 17.3. The lowest BCUT2D eigenvalue weighted by molar-refractivity contribution is 0.171. The van der Waals surface area contributed by atoms with E-state index in [2.05, 4.69) is 50.5 Å². The number of aliphatic imine (C=N–C) groups is 1. The molecule has 0 radical (unpaired) electrons. The van der Waals surface area contributed by atoms with E-state index in [1.165, 1.54) is 28.8 Å². The van der Waals surface area contributed by atoms with Crippen LogP contribution in [0, 0.1) is 0 Å². The van der Waals surface area contributed by atoms with Crippen LogP contribution in [0.3, 0.4) is 0 Å². The summed E-state index contributed by atoms with van der Waals surface area (Å²) in [5, 5.41) is 3.46. The van der Waals surface area contributed by atoms with Crippen LogP contribution in [0.15, 0.2) is 72.0 Å². The average Bonchev–Trinajstić information content (AvgIpc) is 2.84. The van der Waals surface area contributed by atoms with Gasteiger partial charge in [-0.1, -0.05) is 36.4 Å². The molecule has 1 aliphatic rings. The number of pyridine rings is 2. The third-order valence-corrected chi connectivity index (χ3v) is 6.06. The van der Waals surface area contributed by atoms with Gasteiger partial charge in [0.25, 0.3) is 0 Å². The molecule has 3 aromatic rings. The molecule has 5 N–H and O–H groups in total. The molecule has 0 saturated carbocycles. The smallest absolute Gasteiger partial charge is 0.185 e. The van der Waals surface area contributed by atoms with Crippen LogP contribution >= 0.6 is 17.0 Å². The van der Waals surface area contributed by atoms with Crippen LogP contribution in [0.4, 0.5) is 0 Å². The second-order valence-electron chi connectivity index (χ2n) is 8.47. The van der Waals surface area contributed by atoms with E-state index in [1.54, 1.807) is 0 Å². The van der Waals surface area contributed by atoms with Gasteiger partial charge in [-0.2, -0.15) is 0 Å². The lowest BCUT2D eigenvalue weighted by atomic mass is 9.90. The molecule has 1 unspecified atom stereocenters. The lowest BCUT2D eigenvalue weighted by Gasteiger charge is -2.35. The summed E-state index contributed by atoms with van der Waals surface area (Å²) in [6.45, 7) is 3.77. The number of guanidine groups is 1. The highest BCUT2D eigenvalue weighted by Gasteiger charge is 2.27. The van der Waals surface area contributed by atoms with Crippen molar-refractivity contribution in [2.45, 2.75) is 44.9 Å². The van der Waals surface area contributed by atoms with E-state index in [9.17, 15) is 0 Å². The highest BCUT2D eigenvalue weighted by Crippen LogP contribution is 2.33. The van der Waals surface area contributed by atoms with Gasteiger partial charge in [-0.15, -0.1) is 17.0 Å². The zero-order valence-electron chi connectivity index (χ0n) is 19.4. The van der Waals surface area contributed by atoms with Gasteiger partial charge in [0.1, 0.15) is 0 Å². The topological polar surface area (TPSA) is 105 Å².